The fourth-order valence-corrected chi connectivity index (χ4v) is 3.68. The zero-order valence-electron chi connectivity index (χ0n) is 15.6. The molecule has 0 atom stereocenters. The highest BCUT2D eigenvalue weighted by Crippen LogP contribution is 2.30. The number of amides is 1. The molecule has 6 heteroatoms. The zero-order valence-corrected chi connectivity index (χ0v) is 16.4. The first-order chi connectivity index (χ1) is 14.1. The molecule has 4 rings (SSSR count). The summed E-state index contributed by atoms with van der Waals surface area (Å²) >= 11 is 1.19. The molecule has 1 saturated heterocycles. The van der Waals surface area contributed by atoms with Crippen LogP contribution in [0.5, 0.6) is 5.75 Å². The van der Waals surface area contributed by atoms with Gasteiger partial charge in [0.05, 0.1) is 17.7 Å². The van der Waals surface area contributed by atoms with E-state index >= 15 is 0 Å². The molecule has 1 aliphatic rings. The highest BCUT2D eigenvalue weighted by molar-refractivity contribution is 8.18. The van der Waals surface area contributed by atoms with Crippen LogP contribution in [0.25, 0.3) is 17.2 Å². The summed E-state index contributed by atoms with van der Waals surface area (Å²) in [6, 6.07) is 21.7. The smallest absolute Gasteiger partial charge is 0.264 e. The van der Waals surface area contributed by atoms with Gasteiger partial charge in [0.2, 0.25) is 0 Å². The maximum atomic E-state index is 14.7. The van der Waals surface area contributed by atoms with E-state index in [0.717, 1.165) is 22.6 Å². The number of carbonyl (C=O) groups excluding carboxylic acids is 1. The van der Waals surface area contributed by atoms with Gasteiger partial charge in [-0.3, -0.25) is 4.79 Å². The first kappa shape index (κ1) is 19.0. The molecule has 1 fully saturated rings. The predicted molar refractivity (Wildman–Crippen MR) is 116 cm³/mol. The standard InChI is InChI=1S/C23H17FN2O2S/c1-28-19-11-9-15(10-12-19)16-7-8-17(20(24)13-16)14-21-22(27)26-23(29-21)25-18-5-3-2-4-6-18/h2-14H,1H3,(H,25,26,27). The Kier molecular flexibility index (Phi) is 5.44. The largest absolute Gasteiger partial charge is 0.497 e. The summed E-state index contributed by atoms with van der Waals surface area (Å²) in [6.07, 6.45) is 1.54. The van der Waals surface area contributed by atoms with Gasteiger partial charge in [-0.2, -0.15) is 0 Å². The molecule has 0 radical (unpaired) electrons. The van der Waals surface area contributed by atoms with Gasteiger partial charge in [0, 0.05) is 5.56 Å². The molecule has 4 nitrogen and oxygen atoms in total. The fraction of sp³-hybridized carbons (Fsp3) is 0.0435. The van der Waals surface area contributed by atoms with Gasteiger partial charge in [-0.25, -0.2) is 9.38 Å². The van der Waals surface area contributed by atoms with Crippen molar-refractivity contribution in [2.24, 2.45) is 4.99 Å². The lowest BCUT2D eigenvalue weighted by Gasteiger charge is -2.06. The number of amidine groups is 1. The van der Waals surface area contributed by atoms with Crippen LogP contribution in [0.1, 0.15) is 5.56 Å². The molecule has 0 bridgehead atoms. The van der Waals surface area contributed by atoms with Gasteiger partial charge in [0.25, 0.3) is 5.91 Å². The SMILES string of the molecule is COc1ccc(-c2ccc(C=C3SC(=Nc4ccccc4)NC3=O)c(F)c2)cc1. The predicted octanol–water partition coefficient (Wildman–Crippen LogP) is 5.39. The molecule has 1 heterocycles. The van der Waals surface area contributed by atoms with E-state index in [9.17, 15) is 9.18 Å². The average Bonchev–Trinajstić information content (AvgIpc) is 3.09. The Morgan fingerprint density at radius 1 is 1.00 bits per heavy atom. The Bertz CT molecular complexity index is 1110. The number of halogens is 1. The lowest BCUT2D eigenvalue weighted by molar-refractivity contribution is -0.115. The Morgan fingerprint density at radius 2 is 1.72 bits per heavy atom. The third kappa shape index (κ3) is 4.38. The Labute approximate surface area is 172 Å². The molecule has 144 valence electrons. The zero-order chi connectivity index (χ0) is 20.2. The van der Waals surface area contributed by atoms with Crippen LogP contribution in [0.4, 0.5) is 10.1 Å². The molecule has 1 N–H and O–H groups in total. The third-order valence-corrected chi connectivity index (χ3v) is 5.26. The number of rotatable bonds is 4. The molecule has 3 aromatic carbocycles. The first-order valence-electron chi connectivity index (χ1n) is 8.91. The third-order valence-electron chi connectivity index (χ3n) is 4.35. The van der Waals surface area contributed by atoms with Crippen LogP contribution < -0.4 is 10.1 Å². The van der Waals surface area contributed by atoms with Crippen LogP contribution in [0.2, 0.25) is 0 Å². The number of methoxy groups -OCH3 is 1. The van der Waals surface area contributed by atoms with Gasteiger partial charge in [-0.15, -0.1) is 0 Å². The van der Waals surface area contributed by atoms with Gasteiger partial charge in [0.15, 0.2) is 5.17 Å². The van der Waals surface area contributed by atoms with Crippen molar-refractivity contribution in [1.82, 2.24) is 5.32 Å². The first-order valence-corrected chi connectivity index (χ1v) is 9.72. The Balaban J connectivity index is 1.56. The molecule has 0 spiro atoms. The molecule has 0 aromatic heterocycles. The summed E-state index contributed by atoms with van der Waals surface area (Å²) in [5, 5.41) is 3.19. The molecule has 3 aromatic rings. The lowest BCUT2D eigenvalue weighted by atomic mass is 10.0. The van der Waals surface area contributed by atoms with E-state index in [4.69, 9.17) is 4.74 Å². The number of para-hydroxylation sites is 1. The lowest BCUT2D eigenvalue weighted by Crippen LogP contribution is -2.19. The van der Waals surface area contributed by atoms with Crippen LogP contribution in [-0.2, 0) is 4.79 Å². The second kappa shape index (κ2) is 8.32. The van der Waals surface area contributed by atoms with Gasteiger partial charge < -0.3 is 10.1 Å². The normalized spacial score (nSPS) is 16.3. The van der Waals surface area contributed by atoms with Crippen molar-refractivity contribution < 1.29 is 13.9 Å². The summed E-state index contributed by atoms with van der Waals surface area (Å²) in [7, 11) is 1.60. The van der Waals surface area contributed by atoms with Crippen molar-refractivity contribution in [3.05, 3.63) is 89.1 Å². The highest BCUT2D eigenvalue weighted by atomic mass is 32.2. The quantitative estimate of drug-likeness (QED) is 0.593. The highest BCUT2D eigenvalue weighted by Gasteiger charge is 2.24. The average molecular weight is 404 g/mol. The minimum Gasteiger partial charge on any atom is -0.497 e. The van der Waals surface area contributed by atoms with E-state index < -0.39 is 5.82 Å². The second-order valence-electron chi connectivity index (χ2n) is 6.28. The topological polar surface area (TPSA) is 50.7 Å². The van der Waals surface area contributed by atoms with Gasteiger partial charge in [0.1, 0.15) is 11.6 Å². The van der Waals surface area contributed by atoms with Crippen molar-refractivity contribution in [3.63, 3.8) is 0 Å². The van der Waals surface area contributed by atoms with E-state index in [0.29, 0.717) is 15.6 Å². The Hall–Kier alpha value is -3.38. The minimum atomic E-state index is -0.396. The molecule has 0 aliphatic carbocycles. The number of benzene rings is 3. The number of ether oxygens (including phenoxy) is 1. The van der Waals surface area contributed by atoms with Crippen molar-refractivity contribution in [3.8, 4) is 16.9 Å². The molecular formula is C23H17FN2O2S. The fourth-order valence-electron chi connectivity index (χ4n) is 2.85. The number of nitrogens with zero attached hydrogens (tertiary/aromatic N) is 1. The van der Waals surface area contributed by atoms with Crippen LogP contribution in [0, 0.1) is 5.82 Å². The molecule has 1 aliphatic heterocycles. The summed E-state index contributed by atoms with van der Waals surface area (Å²) in [4.78, 5) is 17.0. The van der Waals surface area contributed by atoms with Crippen molar-refractivity contribution >= 4 is 34.6 Å². The van der Waals surface area contributed by atoms with E-state index in [1.54, 1.807) is 19.3 Å². The maximum Gasteiger partial charge on any atom is 0.264 e. The van der Waals surface area contributed by atoms with E-state index in [1.165, 1.54) is 17.8 Å². The van der Waals surface area contributed by atoms with Crippen LogP contribution in [-0.4, -0.2) is 18.2 Å². The number of thioether (sulfide) groups is 1. The van der Waals surface area contributed by atoms with Crippen molar-refractivity contribution in [2.75, 3.05) is 7.11 Å². The number of nitrogens with one attached hydrogen (secondary N) is 1. The molecule has 29 heavy (non-hydrogen) atoms. The monoisotopic (exact) mass is 404 g/mol. The van der Waals surface area contributed by atoms with E-state index in [-0.39, 0.29) is 5.91 Å². The van der Waals surface area contributed by atoms with Gasteiger partial charge >= 0.3 is 0 Å². The summed E-state index contributed by atoms with van der Waals surface area (Å²) in [5.74, 6) is 0.0591. The van der Waals surface area contributed by atoms with Crippen LogP contribution >= 0.6 is 11.8 Å². The minimum absolute atomic E-state index is 0.289. The molecule has 0 saturated carbocycles. The maximum absolute atomic E-state index is 14.7. The summed E-state index contributed by atoms with van der Waals surface area (Å²) < 4.78 is 19.8. The second-order valence-corrected chi connectivity index (χ2v) is 7.31. The summed E-state index contributed by atoms with van der Waals surface area (Å²) in [5.41, 5.74) is 2.73. The van der Waals surface area contributed by atoms with Crippen LogP contribution in [0.15, 0.2) is 82.7 Å². The molecule has 1 amide bonds. The van der Waals surface area contributed by atoms with Gasteiger partial charge in [-0.05, 0) is 59.3 Å². The molecular weight excluding hydrogens is 387 g/mol. The number of hydrogen-bond donors (Lipinski definition) is 1. The summed E-state index contributed by atoms with van der Waals surface area (Å²) in [6.45, 7) is 0. The number of carbonyl (C=O) groups is 1. The van der Waals surface area contributed by atoms with Gasteiger partial charge in [-0.1, -0.05) is 42.5 Å². The van der Waals surface area contributed by atoms with Crippen molar-refractivity contribution in [1.29, 1.82) is 0 Å². The number of aliphatic imine (C=N–C) groups is 1. The van der Waals surface area contributed by atoms with Crippen LogP contribution in [0.3, 0.4) is 0 Å². The van der Waals surface area contributed by atoms with Crippen molar-refractivity contribution in [2.45, 2.75) is 0 Å². The van der Waals surface area contributed by atoms with E-state index in [1.807, 2.05) is 60.7 Å². The van der Waals surface area contributed by atoms with E-state index in [2.05, 4.69) is 10.3 Å². The number of hydrogen-bond acceptors (Lipinski definition) is 4. The Morgan fingerprint density at radius 3 is 2.41 bits per heavy atom. The molecule has 0 unspecified atom stereocenters.